The third-order valence-corrected chi connectivity index (χ3v) is 6.84. The van der Waals surface area contributed by atoms with E-state index in [9.17, 15) is 27.6 Å². The molecule has 11 nitrogen and oxygen atoms in total. The van der Waals surface area contributed by atoms with E-state index in [-0.39, 0.29) is 32.8 Å². The summed E-state index contributed by atoms with van der Waals surface area (Å²) in [6, 6.07) is 9.83. The molecule has 3 amide bonds. The van der Waals surface area contributed by atoms with Crippen LogP contribution in [0.15, 0.2) is 52.3 Å². The molecule has 1 saturated heterocycles. The highest BCUT2D eigenvalue weighted by Crippen LogP contribution is 2.38. The number of nitrogens with one attached hydrogen (secondary N) is 1. The summed E-state index contributed by atoms with van der Waals surface area (Å²) in [5.41, 5.74) is 0.547. The summed E-state index contributed by atoms with van der Waals surface area (Å²) in [5, 5.41) is 1.86. The van der Waals surface area contributed by atoms with E-state index in [1.54, 1.807) is 19.9 Å². The molecule has 2 aromatic rings. The maximum Gasteiger partial charge on any atom is 0.339 e. The van der Waals surface area contributed by atoms with Gasteiger partial charge in [0.05, 0.1) is 18.1 Å². The maximum atomic E-state index is 13.0. The highest BCUT2D eigenvalue weighted by atomic mass is 32.2. The number of benzene rings is 2. The van der Waals surface area contributed by atoms with Gasteiger partial charge in [-0.2, -0.15) is 8.42 Å². The first-order chi connectivity index (χ1) is 17.4. The number of para-hydroxylation sites is 1. The van der Waals surface area contributed by atoms with Crippen LogP contribution in [0.3, 0.4) is 0 Å². The van der Waals surface area contributed by atoms with Gasteiger partial charge in [-0.1, -0.05) is 12.1 Å². The van der Waals surface area contributed by atoms with Crippen molar-refractivity contribution in [3.63, 3.8) is 0 Å². The van der Waals surface area contributed by atoms with Gasteiger partial charge in [0, 0.05) is 18.2 Å². The number of nitrogens with zero attached hydrogens (tertiary/aromatic N) is 1. The molecular weight excluding hydrogens is 524 g/mol. The van der Waals surface area contributed by atoms with Crippen LogP contribution in [0.4, 0.5) is 10.5 Å². The molecule has 3 rings (SSSR count). The minimum atomic E-state index is -4.36. The molecule has 1 heterocycles. The number of anilines is 1. The normalized spacial score (nSPS) is 14.7. The fourth-order valence-corrected chi connectivity index (χ4v) is 4.96. The Kier molecular flexibility index (Phi) is 8.61. The minimum absolute atomic E-state index is 0.0440. The maximum absolute atomic E-state index is 13.0. The van der Waals surface area contributed by atoms with Gasteiger partial charge in [-0.05, 0) is 62.0 Å². The molecule has 1 N–H and O–H groups in total. The van der Waals surface area contributed by atoms with Gasteiger partial charge in [0.15, 0.2) is 11.5 Å². The Labute approximate surface area is 217 Å². The minimum Gasteiger partial charge on any atom is -0.493 e. The predicted octanol–water partition coefficient (Wildman–Crippen LogP) is 3.41. The van der Waals surface area contributed by atoms with Gasteiger partial charge >= 0.3 is 16.1 Å². The third-order valence-electron chi connectivity index (χ3n) is 4.70. The lowest BCUT2D eigenvalue weighted by Gasteiger charge is -2.14. The number of esters is 1. The molecule has 13 heteroatoms. The molecule has 196 valence electrons. The molecule has 0 radical (unpaired) electrons. The average molecular weight is 549 g/mol. The summed E-state index contributed by atoms with van der Waals surface area (Å²) in [6.45, 7) is 4.05. The van der Waals surface area contributed by atoms with Crippen molar-refractivity contribution in [3.8, 4) is 11.5 Å². The lowest BCUT2D eigenvalue weighted by atomic mass is 10.1. The van der Waals surface area contributed by atoms with Gasteiger partial charge in [-0.3, -0.25) is 24.1 Å². The number of hydrogen-bond acceptors (Lipinski definition) is 10. The Balaban J connectivity index is 1.91. The van der Waals surface area contributed by atoms with E-state index in [1.807, 2.05) is 0 Å². The summed E-state index contributed by atoms with van der Waals surface area (Å²) in [4.78, 5) is 48.8. The number of thioether (sulfide) groups is 1. The van der Waals surface area contributed by atoms with Crippen LogP contribution < -0.4 is 14.2 Å². The monoisotopic (exact) mass is 548 g/mol. The number of carbonyl (C=O) groups is 4. The Morgan fingerprint density at radius 1 is 1.11 bits per heavy atom. The van der Waals surface area contributed by atoms with Crippen molar-refractivity contribution in [2.75, 3.05) is 19.0 Å². The van der Waals surface area contributed by atoms with Crippen LogP contribution in [0, 0.1) is 0 Å². The lowest BCUT2D eigenvalue weighted by molar-refractivity contribution is -0.149. The molecule has 0 spiro atoms. The first kappa shape index (κ1) is 27.7. The van der Waals surface area contributed by atoms with Gasteiger partial charge in [0.2, 0.25) is 5.91 Å². The molecular formula is C24H24N2O9S2. The molecule has 0 saturated carbocycles. The molecule has 0 unspecified atom stereocenters. The zero-order valence-corrected chi connectivity index (χ0v) is 22.0. The van der Waals surface area contributed by atoms with E-state index >= 15 is 0 Å². The quantitative estimate of drug-likeness (QED) is 0.281. The van der Waals surface area contributed by atoms with Crippen molar-refractivity contribution in [1.29, 1.82) is 0 Å². The number of amides is 3. The summed E-state index contributed by atoms with van der Waals surface area (Å²) in [6.07, 6.45) is 0.870. The smallest absolute Gasteiger partial charge is 0.339 e. The molecule has 0 atom stereocenters. The van der Waals surface area contributed by atoms with Gasteiger partial charge in [0.1, 0.15) is 11.4 Å². The first-order valence-corrected chi connectivity index (χ1v) is 13.1. The molecule has 1 aliphatic heterocycles. The van der Waals surface area contributed by atoms with Crippen molar-refractivity contribution >= 4 is 56.7 Å². The molecule has 0 bridgehead atoms. The second-order valence-corrected chi connectivity index (χ2v) is 10.5. The Bertz CT molecular complexity index is 1370. The number of methoxy groups -OCH3 is 1. The zero-order valence-electron chi connectivity index (χ0n) is 20.3. The Hall–Kier alpha value is -3.84. The van der Waals surface area contributed by atoms with Gasteiger partial charge in [-0.15, -0.1) is 0 Å². The number of rotatable bonds is 9. The Morgan fingerprint density at radius 2 is 1.78 bits per heavy atom. The fourth-order valence-electron chi connectivity index (χ4n) is 3.17. The van der Waals surface area contributed by atoms with E-state index in [4.69, 9.17) is 13.7 Å². The average Bonchev–Trinajstić information content (AvgIpc) is 3.06. The van der Waals surface area contributed by atoms with Crippen molar-refractivity contribution in [2.45, 2.75) is 31.8 Å². The van der Waals surface area contributed by atoms with Crippen LogP contribution in [0.1, 0.15) is 26.3 Å². The number of carbonyl (C=O) groups excluding carboxylic acids is 4. The highest BCUT2D eigenvalue weighted by molar-refractivity contribution is 8.18. The van der Waals surface area contributed by atoms with Crippen LogP contribution in [-0.4, -0.2) is 56.1 Å². The van der Waals surface area contributed by atoms with Gasteiger partial charge < -0.3 is 19.0 Å². The van der Waals surface area contributed by atoms with Crippen LogP contribution in [-0.2, 0) is 29.2 Å². The summed E-state index contributed by atoms with van der Waals surface area (Å²) in [7, 11) is -3.05. The first-order valence-electron chi connectivity index (χ1n) is 10.8. The molecule has 1 fully saturated rings. The number of imide groups is 1. The van der Waals surface area contributed by atoms with E-state index in [1.165, 1.54) is 56.5 Å². The van der Waals surface area contributed by atoms with Gasteiger partial charge in [-0.25, -0.2) is 0 Å². The molecule has 0 aliphatic carbocycles. The second-order valence-electron chi connectivity index (χ2n) is 7.93. The van der Waals surface area contributed by atoms with Crippen molar-refractivity contribution in [1.82, 2.24) is 4.90 Å². The van der Waals surface area contributed by atoms with Crippen LogP contribution in [0.25, 0.3) is 6.08 Å². The van der Waals surface area contributed by atoms with Crippen LogP contribution in [0.2, 0.25) is 0 Å². The SMILES string of the molecule is COc1cccc(/C=C2\SC(=O)N(CC(=O)OC(C)C)C2=O)c1OS(=O)(=O)c1ccc(NC(C)=O)cc1. The number of hydrogen-bond donors (Lipinski definition) is 1. The largest absolute Gasteiger partial charge is 0.493 e. The summed E-state index contributed by atoms with van der Waals surface area (Å²) < 4.78 is 41.6. The van der Waals surface area contributed by atoms with Crippen molar-refractivity contribution < 1.29 is 41.3 Å². The van der Waals surface area contributed by atoms with E-state index in [0.717, 1.165) is 4.90 Å². The second kappa shape index (κ2) is 11.5. The molecule has 2 aromatic carbocycles. The van der Waals surface area contributed by atoms with E-state index in [2.05, 4.69) is 5.32 Å². The standard InChI is InChI=1S/C24H24N2O9S2/c1-14(2)34-21(28)13-26-23(29)20(36-24(26)30)12-16-6-5-7-19(33-4)22(16)35-37(31,32)18-10-8-17(9-11-18)25-15(3)27/h5-12,14H,13H2,1-4H3,(H,25,27)/b20-12-. The third kappa shape index (κ3) is 6.89. The van der Waals surface area contributed by atoms with Crippen LogP contribution in [0.5, 0.6) is 11.5 Å². The molecule has 1 aliphatic rings. The topological polar surface area (TPSA) is 145 Å². The van der Waals surface area contributed by atoms with Crippen LogP contribution >= 0.6 is 11.8 Å². The number of ether oxygens (including phenoxy) is 2. The fraction of sp³-hybridized carbons (Fsp3) is 0.250. The van der Waals surface area contributed by atoms with E-state index in [0.29, 0.717) is 17.4 Å². The zero-order chi connectivity index (χ0) is 27.3. The highest BCUT2D eigenvalue weighted by Gasteiger charge is 2.37. The summed E-state index contributed by atoms with van der Waals surface area (Å²) >= 11 is 0.591. The summed E-state index contributed by atoms with van der Waals surface area (Å²) in [5.74, 6) is -1.93. The molecule has 0 aromatic heterocycles. The van der Waals surface area contributed by atoms with Crippen molar-refractivity contribution in [3.05, 3.63) is 52.9 Å². The lowest BCUT2D eigenvalue weighted by Crippen LogP contribution is -2.35. The van der Waals surface area contributed by atoms with Gasteiger partial charge in [0.25, 0.3) is 11.1 Å². The van der Waals surface area contributed by atoms with E-state index < -0.39 is 39.9 Å². The predicted molar refractivity (Wildman–Crippen MR) is 135 cm³/mol. The Morgan fingerprint density at radius 3 is 2.38 bits per heavy atom. The van der Waals surface area contributed by atoms with Crippen molar-refractivity contribution in [2.24, 2.45) is 0 Å². The molecule has 37 heavy (non-hydrogen) atoms.